The number of piperidine rings is 1. The first-order chi connectivity index (χ1) is 13.6. The van der Waals surface area contributed by atoms with Crippen molar-refractivity contribution in [1.29, 1.82) is 0 Å². The van der Waals surface area contributed by atoms with Crippen LogP contribution in [0, 0.1) is 13.8 Å². The van der Waals surface area contributed by atoms with Crippen LogP contribution in [0.5, 0.6) is 5.75 Å². The largest absolute Gasteiger partial charge is 0.493 e. The molecular weight excluding hydrogens is 354 g/mol. The number of likely N-dealkylation sites (tertiary alicyclic amines) is 1. The van der Waals surface area contributed by atoms with Crippen LogP contribution in [0.25, 0.3) is 0 Å². The van der Waals surface area contributed by atoms with E-state index >= 15 is 0 Å². The van der Waals surface area contributed by atoms with E-state index in [2.05, 4.69) is 40.0 Å². The van der Waals surface area contributed by atoms with E-state index in [1.54, 1.807) is 0 Å². The number of fused-ring (bicyclic) bond motifs is 1. The van der Waals surface area contributed by atoms with Crippen LogP contribution in [0.1, 0.15) is 48.0 Å². The minimum atomic E-state index is 0.176. The van der Waals surface area contributed by atoms with Crippen molar-refractivity contribution in [3.8, 4) is 5.75 Å². The van der Waals surface area contributed by atoms with Gasteiger partial charge in [-0.1, -0.05) is 6.07 Å². The first-order valence-electron chi connectivity index (χ1n) is 10.2. The molecule has 1 fully saturated rings. The standard InChI is InChI=1S/C21H29N5O2/c1-15-3-4-18(13-16(15)2)28-12-7-20(27)25-9-5-17(6-10-25)21-24-23-19-14-22-8-11-26(19)21/h3-4,13,17,22H,5-12,14H2,1-2H3. The molecule has 0 spiro atoms. The van der Waals surface area contributed by atoms with E-state index in [1.165, 1.54) is 11.1 Å². The number of amides is 1. The summed E-state index contributed by atoms with van der Waals surface area (Å²) < 4.78 is 8.03. The summed E-state index contributed by atoms with van der Waals surface area (Å²) in [4.78, 5) is 14.5. The van der Waals surface area contributed by atoms with Crippen molar-refractivity contribution in [2.75, 3.05) is 26.2 Å². The molecule has 2 aliphatic heterocycles. The van der Waals surface area contributed by atoms with Gasteiger partial charge in [-0.3, -0.25) is 4.79 Å². The number of aromatic nitrogens is 3. The Balaban J connectivity index is 1.25. The molecule has 2 aliphatic rings. The molecule has 0 unspecified atom stereocenters. The molecule has 0 aliphatic carbocycles. The smallest absolute Gasteiger partial charge is 0.225 e. The molecule has 7 nitrogen and oxygen atoms in total. The molecule has 1 aromatic carbocycles. The Morgan fingerprint density at radius 3 is 2.79 bits per heavy atom. The first kappa shape index (κ1) is 18.9. The number of aryl methyl sites for hydroxylation is 2. The van der Waals surface area contributed by atoms with Crippen molar-refractivity contribution in [1.82, 2.24) is 25.0 Å². The van der Waals surface area contributed by atoms with Gasteiger partial charge in [0.25, 0.3) is 0 Å². The topological polar surface area (TPSA) is 72.3 Å². The van der Waals surface area contributed by atoms with Crippen LogP contribution in [0.4, 0.5) is 0 Å². The van der Waals surface area contributed by atoms with E-state index < -0.39 is 0 Å². The Morgan fingerprint density at radius 2 is 2.00 bits per heavy atom. The lowest BCUT2D eigenvalue weighted by Gasteiger charge is -2.32. The molecule has 2 aromatic rings. The van der Waals surface area contributed by atoms with Gasteiger partial charge in [0.05, 0.1) is 19.6 Å². The van der Waals surface area contributed by atoms with Crippen LogP contribution in [-0.2, 0) is 17.9 Å². The highest BCUT2D eigenvalue weighted by atomic mass is 16.5. The van der Waals surface area contributed by atoms with Crippen molar-refractivity contribution < 1.29 is 9.53 Å². The molecule has 7 heteroatoms. The molecule has 3 heterocycles. The fraction of sp³-hybridized carbons (Fsp3) is 0.571. The molecule has 0 saturated carbocycles. The second-order valence-electron chi connectivity index (χ2n) is 7.80. The van der Waals surface area contributed by atoms with Gasteiger partial charge in [0.1, 0.15) is 17.4 Å². The number of hydrogen-bond donors (Lipinski definition) is 1. The minimum absolute atomic E-state index is 0.176. The normalized spacial score (nSPS) is 17.4. The van der Waals surface area contributed by atoms with Gasteiger partial charge in [0.15, 0.2) is 0 Å². The number of benzene rings is 1. The zero-order chi connectivity index (χ0) is 19.5. The zero-order valence-electron chi connectivity index (χ0n) is 16.8. The molecule has 1 amide bonds. The molecule has 0 radical (unpaired) electrons. The predicted octanol–water partition coefficient (Wildman–Crippen LogP) is 2.17. The van der Waals surface area contributed by atoms with Crippen molar-refractivity contribution in [3.63, 3.8) is 0 Å². The van der Waals surface area contributed by atoms with Gasteiger partial charge in [-0.15, -0.1) is 10.2 Å². The van der Waals surface area contributed by atoms with Gasteiger partial charge in [-0.25, -0.2) is 0 Å². The summed E-state index contributed by atoms with van der Waals surface area (Å²) in [5.41, 5.74) is 2.45. The van der Waals surface area contributed by atoms with Gasteiger partial charge < -0.3 is 19.5 Å². The summed E-state index contributed by atoms with van der Waals surface area (Å²) in [5.74, 6) is 3.54. The Hall–Kier alpha value is -2.41. The quantitative estimate of drug-likeness (QED) is 0.857. The van der Waals surface area contributed by atoms with Gasteiger partial charge in [0.2, 0.25) is 5.91 Å². The molecule has 4 rings (SSSR count). The Kier molecular flexibility index (Phi) is 5.62. The summed E-state index contributed by atoms with van der Waals surface area (Å²) >= 11 is 0. The molecular formula is C21H29N5O2. The highest BCUT2D eigenvalue weighted by Gasteiger charge is 2.28. The van der Waals surface area contributed by atoms with E-state index in [0.29, 0.717) is 18.9 Å². The lowest BCUT2D eigenvalue weighted by Crippen LogP contribution is -2.39. The maximum absolute atomic E-state index is 12.5. The van der Waals surface area contributed by atoms with Gasteiger partial charge in [-0.2, -0.15) is 0 Å². The minimum Gasteiger partial charge on any atom is -0.493 e. The maximum atomic E-state index is 12.5. The zero-order valence-corrected chi connectivity index (χ0v) is 16.8. The predicted molar refractivity (Wildman–Crippen MR) is 106 cm³/mol. The first-order valence-corrected chi connectivity index (χ1v) is 10.2. The Labute approximate surface area is 166 Å². The van der Waals surface area contributed by atoms with E-state index in [1.807, 2.05) is 17.0 Å². The third-order valence-corrected chi connectivity index (χ3v) is 5.93. The summed E-state index contributed by atoms with van der Waals surface area (Å²) in [7, 11) is 0. The van der Waals surface area contributed by atoms with E-state index in [0.717, 1.165) is 63.0 Å². The highest BCUT2D eigenvalue weighted by Crippen LogP contribution is 2.28. The van der Waals surface area contributed by atoms with Crippen molar-refractivity contribution >= 4 is 5.91 Å². The Bertz CT molecular complexity index is 839. The number of ether oxygens (including phenoxy) is 1. The third-order valence-electron chi connectivity index (χ3n) is 5.93. The van der Waals surface area contributed by atoms with Crippen LogP contribution in [0.15, 0.2) is 18.2 Å². The van der Waals surface area contributed by atoms with Crippen molar-refractivity contribution in [3.05, 3.63) is 41.0 Å². The summed E-state index contributed by atoms with van der Waals surface area (Å²) in [5, 5.41) is 12.1. The number of rotatable bonds is 5. The SMILES string of the molecule is Cc1ccc(OCCC(=O)N2CCC(c3nnc4n3CCNC4)CC2)cc1C. The fourth-order valence-electron chi connectivity index (χ4n) is 4.02. The molecule has 150 valence electrons. The van der Waals surface area contributed by atoms with E-state index in [4.69, 9.17) is 4.74 Å². The van der Waals surface area contributed by atoms with Gasteiger partial charge >= 0.3 is 0 Å². The number of nitrogens with zero attached hydrogens (tertiary/aromatic N) is 4. The summed E-state index contributed by atoms with van der Waals surface area (Å²) in [6.45, 7) is 8.85. The highest BCUT2D eigenvalue weighted by molar-refractivity contribution is 5.76. The monoisotopic (exact) mass is 383 g/mol. The number of carbonyl (C=O) groups excluding carboxylic acids is 1. The molecule has 1 saturated heterocycles. The number of hydrogen-bond acceptors (Lipinski definition) is 5. The molecule has 0 bridgehead atoms. The maximum Gasteiger partial charge on any atom is 0.225 e. The second-order valence-corrected chi connectivity index (χ2v) is 7.80. The van der Waals surface area contributed by atoms with Crippen LogP contribution in [-0.4, -0.2) is 51.8 Å². The van der Waals surface area contributed by atoms with Gasteiger partial charge in [-0.05, 0) is 49.9 Å². The Morgan fingerprint density at radius 1 is 1.18 bits per heavy atom. The lowest BCUT2D eigenvalue weighted by atomic mass is 9.95. The fourth-order valence-corrected chi connectivity index (χ4v) is 4.02. The molecule has 1 aromatic heterocycles. The summed E-state index contributed by atoms with van der Waals surface area (Å²) in [6, 6.07) is 6.05. The average molecular weight is 383 g/mol. The van der Waals surface area contributed by atoms with E-state index in [9.17, 15) is 4.79 Å². The van der Waals surface area contributed by atoms with Crippen LogP contribution in [0.3, 0.4) is 0 Å². The number of carbonyl (C=O) groups is 1. The molecule has 0 atom stereocenters. The van der Waals surface area contributed by atoms with Crippen LogP contribution < -0.4 is 10.1 Å². The molecule has 1 N–H and O–H groups in total. The lowest BCUT2D eigenvalue weighted by molar-refractivity contribution is -0.132. The summed E-state index contributed by atoms with van der Waals surface area (Å²) in [6.07, 6.45) is 2.33. The van der Waals surface area contributed by atoms with Crippen molar-refractivity contribution in [2.45, 2.75) is 52.1 Å². The van der Waals surface area contributed by atoms with Crippen LogP contribution >= 0.6 is 0 Å². The second kappa shape index (κ2) is 8.31. The average Bonchev–Trinajstić information content (AvgIpc) is 3.15. The molecule has 28 heavy (non-hydrogen) atoms. The van der Waals surface area contributed by atoms with Crippen molar-refractivity contribution in [2.24, 2.45) is 0 Å². The van der Waals surface area contributed by atoms with Gasteiger partial charge in [0, 0.05) is 32.1 Å². The third kappa shape index (κ3) is 4.04. The number of nitrogens with one attached hydrogen (secondary N) is 1. The van der Waals surface area contributed by atoms with E-state index in [-0.39, 0.29) is 5.91 Å². The van der Waals surface area contributed by atoms with Crippen LogP contribution in [0.2, 0.25) is 0 Å².